The molecule has 0 rings (SSSR count). The van der Waals surface area contributed by atoms with Crippen LogP contribution in [-0.2, 0) is 9.13 Å². The summed E-state index contributed by atoms with van der Waals surface area (Å²) in [5, 5.41) is 0. The summed E-state index contributed by atoms with van der Waals surface area (Å²) in [6.07, 6.45) is 0. The molecule has 0 N–H and O–H groups in total. The fourth-order valence-electron chi connectivity index (χ4n) is 0. The van der Waals surface area contributed by atoms with Gasteiger partial charge in [0.05, 0.1) is 0 Å². The minimum atomic E-state index is -3.63. The molecule has 0 saturated heterocycles. The van der Waals surface area contributed by atoms with E-state index >= 15 is 0 Å². The first-order chi connectivity index (χ1) is 3.46. The van der Waals surface area contributed by atoms with E-state index in [0.29, 0.717) is 0 Å². The van der Waals surface area contributed by atoms with Crippen molar-refractivity contribution >= 4 is 16.5 Å². The predicted molar refractivity (Wildman–Crippen MR) is 18.0 cm³/mol. The van der Waals surface area contributed by atoms with Crippen molar-refractivity contribution in [3.63, 3.8) is 0 Å². The monoisotopic (exact) mass is 316 g/mol. The van der Waals surface area contributed by atoms with Crippen LogP contribution in [-0.4, -0.2) is 0 Å². The van der Waals surface area contributed by atoms with Crippen molar-refractivity contribution < 1.29 is 234 Å². The van der Waals surface area contributed by atoms with E-state index in [1.807, 2.05) is 0 Å². The summed E-state index contributed by atoms with van der Waals surface area (Å²) in [7, 11) is -7.26. The number of hydrogen-bond acceptors (Lipinski definition) is 6. The Morgan fingerprint density at radius 2 is 0.583 bits per heavy atom. The topological polar surface area (TPSA) is 126 Å². The summed E-state index contributed by atoms with van der Waals surface area (Å²) in [4.78, 5) is 34.1. The summed E-state index contributed by atoms with van der Waals surface area (Å²) < 4.78 is 17.0. The Bertz CT molecular complexity index is 75.5. The third kappa shape index (κ3) is 90.3. The fraction of sp³-hybridized carbons (Fsp3) is 0. The summed E-state index contributed by atoms with van der Waals surface area (Å²) in [5.74, 6) is 0. The molecule has 0 unspecified atom stereocenters. The Labute approximate surface area is 242 Å². The third-order valence-corrected chi connectivity index (χ3v) is 0. The summed E-state index contributed by atoms with van der Waals surface area (Å²) in [6, 6.07) is 0. The zero-order valence-corrected chi connectivity index (χ0v) is 21.9. The Morgan fingerprint density at radius 1 is 0.583 bits per heavy atom. The van der Waals surface area contributed by atoms with E-state index in [9.17, 15) is 0 Å². The molecule has 0 spiro atoms. The normalized spacial score (nSPS) is 5.83. The second-order valence-electron chi connectivity index (χ2n) is 0.500. The van der Waals surface area contributed by atoms with E-state index in [1.165, 1.54) is 0 Å². The van der Waals surface area contributed by atoms with Gasteiger partial charge in [0.1, 0.15) is 0 Å². The van der Waals surface area contributed by atoms with Gasteiger partial charge in [0, 0.05) is 0 Å². The molecule has 0 aromatic carbocycles. The van der Waals surface area contributed by atoms with Gasteiger partial charge < -0.3 is 28.7 Å². The van der Waals surface area contributed by atoms with Gasteiger partial charge >= 0.3 is 206 Å². The Hall–Kier alpha value is 6.85. The van der Waals surface area contributed by atoms with Crippen LogP contribution in [0.5, 0.6) is 0 Å². The Morgan fingerprint density at radius 3 is 0.583 bits per heavy atom. The summed E-state index contributed by atoms with van der Waals surface area (Å²) in [6.45, 7) is 0. The van der Waals surface area contributed by atoms with E-state index in [1.54, 1.807) is 0 Å². The molecule has 0 saturated carbocycles. The van der Waals surface area contributed by atoms with E-state index in [0.717, 1.165) is 0 Å². The van der Waals surface area contributed by atoms with Crippen molar-refractivity contribution in [1.29, 1.82) is 0 Å². The van der Waals surface area contributed by atoms with Crippen molar-refractivity contribution in [1.82, 2.24) is 0 Å². The predicted octanol–water partition coefficient (Wildman–Crippen LogP) is -15.8. The molecule has 0 amide bonds. The van der Waals surface area contributed by atoms with Crippen LogP contribution >= 0.6 is 16.5 Å². The molecular weight excluding hydrogens is 314 g/mol. The van der Waals surface area contributed by atoms with Gasteiger partial charge in [-0.05, 0) is 0 Å². The average molecular weight is 316 g/mol. The molecule has 0 bridgehead atoms. The van der Waals surface area contributed by atoms with E-state index in [4.69, 9.17) is 28.7 Å². The molecule has 0 aliphatic rings. The molecule has 0 aliphatic heterocycles. The van der Waals surface area contributed by atoms with Crippen LogP contribution in [0.3, 0.4) is 0 Å². The number of rotatable bonds is 0. The maximum Gasteiger partial charge on any atom is 1.00 e. The minimum Gasteiger partial charge on any atom is -0.813 e. The Kier molecular flexibility index (Phi) is 93.0. The van der Waals surface area contributed by atoms with Crippen LogP contribution in [0.25, 0.3) is 0 Å². The molecule has 0 fully saturated rings. The van der Waals surface area contributed by atoms with Gasteiger partial charge in [-0.25, -0.2) is 0 Å². The van der Waals surface area contributed by atoms with Gasteiger partial charge in [0.2, 0.25) is 0 Å². The first-order valence-corrected chi connectivity index (χ1v) is 3.67. The van der Waals surface area contributed by atoms with Gasteiger partial charge in [-0.15, -0.1) is 0 Å². The minimum absolute atomic E-state index is 0. The first-order valence-electron chi connectivity index (χ1n) is 1.22. The Balaban J connectivity index is -0.0000000112. The van der Waals surface area contributed by atoms with Crippen LogP contribution in [0.1, 0.15) is 0 Å². The molecule has 0 atom stereocenters. The first kappa shape index (κ1) is 36.4. The van der Waals surface area contributed by atoms with Crippen molar-refractivity contribution in [3.05, 3.63) is 0 Å². The molecular formula is H2K4O6P2. The van der Waals surface area contributed by atoms with E-state index < -0.39 is 16.5 Å². The van der Waals surface area contributed by atoms with Gasteiger partial charge in [0.15, 0.2) is 0 Å². The molecule has 12 heteroatoms. The number of hydrogen-bond donors (Lipinski definition) is 0. The van der Waals surface area contributed by atoms with Crippen LogP contribution in [0.15, 0.2) is 0 Å². The second-order valence-corrected chi connectivity index (χ2v) is 1.50. The molecule has 0 aliphatic carbocycles. The molecule has 12 heavy (non-hydrogen) atoms. The molecule has 52 valence electrons. The summed E-state index contributed by atoms with van der Waals surface area (Å²) >= 11 is 0. The van der Waals surface area contributed by atoms with Crippen molar-refractivity contribution in [3.8, 4) is 0 Å². The van der Waals surface area contributed by atoms with Crippen molar-refractivity contribution in [2.24, 2.45) is 0 Å². The van der Waals surface area contributed by atoms with Crippen LogP contribution < -0.4 is 225 Å². The van der Waals surface area contributed by atoms with Crippen LogP contribution in [0.2, 0.25) is 0 Å². The molecule has 0 radical (unpaired) electrons. The van der Waals surface area contributed by atoms with Crippen molar-refractivity contribution in [2.75, 3.05) is 0 Å². The van der Waals surface area contributed by atoms with Crippen molar-refractivity contribution in [2.45, 2.75) is 0 Å². The van der Waals surface area contributed by atoms with E-state index in [-0.39, 0.29) is 206 Å². The zero-order valence-electron chi connectivity index (χ0n) is 7.45. The van der Waals surface area contributed by atoms with Gasteiger partial charge in [-0.1, -0.05) is 16.5 Å². The molecule has 0 aromatic heterocycles. The average Bonchev–Trinajstić information content (AvgIpc) is 1.25. The quantitative estimate of drug-likeness (QED) is 0.322. The molecule has 6 nitrogen and oxygen atoms in total. The smallest absolute Gasteiger partial charge is 0.813 e. The SMILES string of the molecule is O=[PH]([O-])[O-].O=[PH]([O-])[O-].[K+].[K+].[K+].[K+]. The molecule has 0 heterocycles. The zero-order chi connectivity index (χ0) is 7.15. The molecule has 0 aromatic rings. The maximum absolute atomic E-state index is 8.52. The largest absolute Gasteiger partial charge is 1.00 e. The van der Waals surface area contributed by atoms with Crippen LogP contribution in [0, 0.1) is 0 Å². The van der Waals surface area contributed by atoms with Gasteiger partial charge in [-0.3, -0.25) is 0 Å². The van der Waals surface area contributed by atoms with E-state index in [2.05, 4.69) is 0 Å². The standard InChI is InChI=1S/4K.2H3O3P/c;;;;2*1-4(2)3/h;;;;2*4H,(H2,1,2,3)/q4*+1;;/p-4. The van der Waals surface area contributed by atoms with Crippen LogP contribution in [0.4, 0.5) is 0 Å². The van der Waals surface area contributed by atoms with Gasteiger partial charge in [0.25, 0.3) is 0 Å². The fourth-order valence-corrected chi connectivity index (χ4v) is 0. The maximum atomic E-state index is 8.52. The third-order valence-electron chi connectivity index (χ3n) is 0. The summed E-state index contributed by atoms with van der Waals surface area (Å²) in [5.41, 5.74) is 0. The van der Waals surface area contributed by atoms with Gasteiger partial charge in [-0.2, -0.15) is 0 Å². The second kappa shape index (κ2) is 30.7.